The molecule has 100 valence electrons. The summed E-state index contributed by atoms with van der Waals surface area (Å²) in [6.45, 7) is 9.04. The van der Waals surface area contributed by atoms with E-state index < -0.39 is 0 Å². The Bertz CT molecular complexity index is 408. The van der Waals surface area contributed by atoms with Crippen molar-refractivity contribution in [1.82, 2.24) is 9.88 Å². The number of nitrogens with one attached hydrogen (secondary N) is 1. The van der Waals surface area contributed by atoms with E-state index in [1.807, 2.05) is 18.2 Å². The minimum atomic E-state index is -0.0958. The fourth-order valence-corrected chi connectivity index (χ4v) is 2.58. The van der Waals surface area contributed by atoms with Gasteiger partial charge < -0.3 is 10.2 Å². The number of nitrogens with two attached hydrogens (primary N) is 1. The van der Waals surface area contributed by atoms with E-state index in [1.54, 1.807) is 0 Å². The maximum atomic E-state index is 5.89. The fourth-order valence-electron chi connectivity index (χ4n) is 2.58. The summed E-state index contributed by atoms with van der Waals surface area (Å²) in [6.07, 6.45) is 0.254. The van der Waals surface area contributed by atoms with Gasteiger partial charge in [-0.2, -0.15) is 0 Å². The van der Waals surface area contributed by atoms with Gasteiger partial charge in [-0.3, -0.25) is 4.90 Å². The molecule has 5 heteroatoms. The summed E-state index contributed by atoms with van der Waals surface area (Å²) in [5, 5.41) is 0. The predicted molar refractivity (Wildman–Crippen MR) is 72.0 cm³/mol. The molecule has 1 fully saturated rings. The molecule has 1 unspecified atom stereocenters. The minimum Gasteiger partial charge on any atom is -0.370 e. The van der Waals surface area contributed by atoms with Crippen LogP contribution < -0.4 is 11.3 Å². The SMILES string of the molecule is CC1CN(Cc2cccc(NN)n2)CC(C)(C)O1. The monoisotopic (exact) mass is 250 g/mol. The summed E-state index contributed by atoms with van der Waals surface area (Å²) < 4.78 is 5.89. The molecule has 0 bridgehead atoms. The molecule has 0 amide bonds. The third-order valence-electron chi connectivity index (χ3n) is 2.98. The molecule has 1 saturated heterocycles. The zero-order chi connectivity index (χ0) is 13.2. The maximum absolute atomic E-state index is 5.89. The summed E-state index contributed by atoms with van der Waals surface area (Å²) in [5.41, 5.74) is 3.50. The van der Waals surface area contributed by atoms with E-state index in [2.05, 4.69) is 36.1 Å². The van der Waals surface area contributed by atoms with Gasteiger partial charge in [-0.05, 0) is 32.9 Å². The number of aromatic nitrogens is 1. The molecule has 0 saturated carbocycles. The van der Waals surface area contributed by atoms with Crippen molar-refractivity contribution in [3.05, 3.63) is 23.9 Å². The molecular formula is C13H22N4O. The van der Waals surface area contributed by atoms with Crippen molar-refractivity contribution in [2.75, 3.05) is 18.5 Å². The van der Waals surface area contributed by atoms with E-state index in [1.165, 1.54) is 0 Å². The molecule has 1 atom stereocenters. The van der Waals surface area contributed by atoms with Gasteiger partial charge in [0.2, 0.25) is 0 Å². The fraction of sp³-hybridized carbons (Fsp3) is 0.615. The highest BCUT2D eigenvalue weighted by atomic mass is 16.5. The molecule has 3 N–H and O–H groups in total. The summed E-state index contributed by atoms with van der Waals surface area (Å²) in [5.74, 6) is 6.07. The van der Waals surface area contributed by atoms with Crippen LogP contribution in [-0.4, -0.2) is 34.7 Å². The largest absolute Gasteiger partial charge is 0.370 e. The molecule has 1 aliphatic heterocycles. The average Bonchev–Trinajstić information content (AvgIpc) is 2.26. The van der Waals surface area contributed by atoms with E-state index in [-0.39, 0.29) is 11.7 Å². The third kappa shape index (κ3) is 3.41. The number of hydrogen-bond acceptors (Lipinski definition) is 5. The molecule has 1 aromatic heterocycles. The Balaban J connectivity index is 2.04. The highest BCUT2D eigenvalue weighted by Gasteiger charge is 2.31. The van der Waals surface area contributed by atoms with Crippen LogP contribution in [0.25, 0.3) is 0 Å². The molecule has 0 radical (unpaired) electrons. The van der Waals surface area contributed by atoms with E-state index in [0.29, 0.717) is 5.82 Å². The lowest BCUT2D eigenvalue weighted by Crippen LogP contribution is -2.51. The first-order chi connectivity index (χ1) is 8.48. The van der Waals surface area contributed by atoms with Crippen LogP contribution in [0.4, 0.5) is 5.82 Å². The van der Waals surface area contributed by atoms with Gasteiger partial charge in [0.15, 0.2) is 0 Å². The summed E-state index contributed by atoms with van der Waals surface area (Å²) in [7, 11) is 0. The Morgan fingerprint density at radius 3 is 3.00 bits per heavy atom. The maximum Gasteiger partial charge on any atom is 0.140 e. The van der Waals surface area contributed by atoms with Gasteiger partial charge in [-0.1, -0.05) is 6.07 Å². The van der Waals surface area contributed by atoms with Crippen molar-refractivity contribution in [2.24, 2.45) is 5.84 Å². The van der Waals surface area contributed by atoms with Gasteiger partial charge in [-0.25, -0.2) is 10.8 Å². The van der Waals surface area contributed by atoms with Crippen molar-refractivity contribution in [3.8, 4) is 0 Å². The van der Waals surface area contributed by atoms with Crippen LogP contribution in [0.5, 0.6) is 0 Å². The molecule has 5 nitrogen and oxygen atoms in total. The first kappa shape index (κ1) is 13.3. The molecular weight excluding hydrogens is 228 g/mol. The summed E-state index contributed by atoms with van der Waals surface area (Å²) >= 11 is 0. The Morgan fingerprint density at radius 1 is 1.56 bits per heavy atom. The lowest BCUT2D eigenvalue weighted by molar-refractivity contribution is -0.130. The second-order valence-corrected chi connectivity index (χ2v) is 5.52. The van der Waals surface area contributed by atoms with E-state index in [4.69, 9.17) is 10.6 Å². The van der Waals surface area contributed by atoms with E-state index in [0.717, 1.165) is 25.3 Å². The third-order valence-corrected chi connectivity index (χ3v) is 2.98. The second kappa shape index (κ2) is 5.22. The van der Waals surface area contributed by atoms with Crippen LogP contribution in [0.1, 0.15) is 26.5 Å². The van der Waals surface area contributed by atoms with Gasteiger partial charge in [0.1, 0.15) is 5.82 Å². The molecule has 1 aromatic rings. The van der Waals surface area contributed by atoms with Crippen molar-refractivity contribution in [3.63, 3.8) is 0 Å². The van der Waals surface area contributed by atoms with Gasteiger partial charge in [-0.15, -0.1) is 0 Å². The van der Waals surface area contributed by atoms with Crippen LogP contribution in [-0.2, 0) is 11.3 Å². The van der Waals surface area contributed by atoms with Crippen LogP contribution in [0.3, 0.4) is 0 Å². The normalized spacial score (nSPS) is 23.9. The standard InChI is InChI=1S/C13H22N4O/c1-10-7-17(9-13(2,3)18-10)8-11-5-4-6-12(15-11)16-14/h4-6,10H,7-9,14H2,1-3H3,(H,15,16). The van der Waals surface area contributed by atoms with Crippen molar-refractivity contribution < 1.29 is 4.74 Å². The van der Waals surface area contributed by atoms with Gasteiger partial charge in [0.05, 0.1) is 17.4 Å². The van der Waals surface area contributed by atoms with E-state index >= 15 is 0 Å². The molecule has 2 heterocycles. The number of nitrogen functional groups attached to an aromatic ring is 1. The molecule has 0 aliphatic carbocycles. The Kier molecular flexibility index (Phi) is 3.85. The Labute approximate surface area is 108 Å². The number of pyridine rings is 1. The van der Waals surface area contributed by atoms with Gasteiger partial charge in [0.25, 0.3) is 0 Å². The number of anilines is 1. The van der Waals surface area contributed by atoms with Crippen molar-refractivity contribution in [1.29, 1.82) is 0 Å². The first-order valence-corrected chi connectivity index (χ1v) is 6.31. The van der Waals surface area contributed by atoms with Gasteiger partial charge >= 0.3 is 0 Å². The van der Waals surface area contributed by atoms with Crippen LogP contribution in [0.2, 0.25) is 0 Å². The molecule has 2 rings (SSSR count). The highest BCUT2D eigenvalue weighted by Crippen LogP contribution is 2.22. The number of rotatable bonds is 3. The minimum absolute atomic E-state index is 0.0958. The Hall–Kier alpha value is -1.17. The molecule has 0 aromatic carbocycles. The van der Waals surface area contributed by atoms with E-state index in [9.17, 15) is 0 Å². The summed E-state index contributed by atoms with van der Waals surface area (Å²) in [4.78, 5) is 6.81. The number of ether oxygens (including phenoxy) is 1. The Morgan fingerprint density at radius 2 is 2.33 bits per heavy atom. The molecule has 0 spiro atoms. The molecule has 18 heavy (non-hydrogen) atoms. The average molecular weight is 250 g/mol. The quantitative estimate of drug-likeness (QED) is 0.626. The lowest BCUT2D eigenvalue weighted by Gasteiger charge is -2.41. The van der Waals surface area contributed by atoms with Crippen LogP contribution in [0.15, 0.2) is 18.2 Å². The predicted octanol–water partition coefficient (Wildman–Crippen LogP) is 1.37. The molecule has 1 aliphatic rings. The topological polar surface area (TPSA) is 63.4 Å². The highest BCUT2D eigenvalue weighted by molar-refractivity contribution is 5.33. The van der Waals surface area contributed by atoms with Crippen molar-refractivity contribution in [2.45, 2.75) is 39.0 Å². The smallest absolute Gasteiger partial charge is 0.140 e. The number of morpholine rings is 1. The number of nitrogens with zero attached hydrogens (tertiary/aromatic N) is 2. The summed E-state index contributed by atoms with van der Waals surface area (Å²) in [6, 6.07) is 5.84. The zero-order valence-corrected chi connectivity index (χ0v) is 11.3. The van der Waals surface area contributed by atoms with Gasteiger partial charge in [0, 0.05) is 19.6 Å². The second-order valence-electron chi connectivity index (χ2n) is 5.52. The first-order valence-electron chi connectivity index (χ1n) is 6.31. The number of hydrazine groups is 1. The zero-order valence-electron chi connectivity index (χ0n) is 11.3. The van der Waals surface area contributed by atoms with Crippen molar-refractivity contribution >= 4 is 5.82 Å². The number of hydrogen-bond donors (Lipinski definition) is 2. The van der Waals surface area contributed by atoms with Crippen LogP contribution >= 0.6 is 0 Å². The lowest BCUT2D eigenvalue weighted by atomic mass is 10.1. The van der Waals surface area contributed by atoms with Crippen LogP contribution in [0, 0.1) is 0 Å².